The highest BCUT2D eigenvalue weighted by Crippen LogP contribution is 2.42. The average molecular weight is 455 g/mol. The smallest absolute Gasteiger partial charge is 0.331 e. The molecule has 1 aliphatic rings. The van der Waals surface area contributed by atoms with Crippen molar-refractivity contribution < 1.29 is 19.8 Å². The molecule has 0 saturated carbocycles. The van der Waals surface area contributed by atoms with Crippen molar-refractivity contribution in [3.8, 4) is 5.75 Å². The number of nitrogens with zero attached hydrogens (tertiary/aromatic N) is 1. The summed E-state index contributed by atoms with van der Waals surface area (Å²) in [4.78, 5) is 26.4. The first kappa shape index (κ1) is 22.9. The summed E-state index contributed by atoms with van der Waals surface area (Å²) in [6.45, 7) is 5.77. The molecule has 3 aromatic rings. The number of aliphatic carboxylic acids is 1. The van der Waals surface area contributed by atoms with Crippen molar-refractivity contribution in [2.45, 2.75) is 27.2 Å². The van der Waals surface area contributed by atoms with E-state index in [1.807, 2.05) is 50.2 Å². The predicted octanol–water partition coefficient (Wildman–Crippen LogP) is 6.02. The molecule has 0 bridgehead atoms. The molecule has 1 aliphatic heterocycles. The fourth-order valence-electron chi connectivity index (χ4n) is 4.14. The standard InChI is InChI=1S/C28H26N2O4/c1-4-20(28(33)34)14-19-9-10-24(26(31)15-19)29-16-23-22-7-5-6-8-25(22)30(27(23)32)21-12-17(2)11-18(3)13-21/h5-16,29,31H,4H2,1-3H3,(H,33,34)/b20-14+,23-16-. The molecule has 0 fully saturated rings. The third kappa shape index (κ3) is 4.43. The Morgan fingerprint density at radius 1 is 1.03 bits per heavy atom. The molecule has 6 heteroatoms. The first-order valence-corrected chi connectivity index (χ1v) is 11.0. The van der Waals surface area contributed by atoms with Crippen LogP contribution in [0.15, 0.2) is 72.4 Å². The normalized spacial score (nSPS) is 14.4. The Morgan fingerprint density at radius 2 is 1.74 bits per heavy atom. The highest BCUT2D eigenvalue weighted by molar-refractivity contribution is 6.35. The first-order valence-electron chi connectivity index (χ1n) is 11.0. The number of nitrogens with one attached hydrogen (secondary N) is 1. The first-order chi connectivity index (χ1) is 16.3. The Labute approximate surface area is 198 Å². The van der Waals surface area contributed by atoms with Crippen molar-refractivity contribution >= 4 is 40.6 Å². The molecule has 0 aromatic heterocycles. The molecule has 3 N–H and O–H groups in total. The van der Waals surface area contributed by atoms with Crippen LogP contribution in [0.5, 0.6) is 5.75 Å². The van der Waals surface area contributed by atoms with E-state index >= 15 is 0 Å². The lowest BCUT2D eigenvalue weighted by Crippen LogP contribution is -2.21. The number of phenolic OH excluding ortho intramolecular Hbond substituents is 1. The van der Waals surface area contributed by atoms with Gasteiger partial charge in [0.1, 0.15) is 5.75 Å². The lowest BCUT2D eigenvalue weighted by atomic mass is 10.1. The maximum absolute atomic E-state index is 13.5. The number of para-hydroxylation sites is 1. The number of benzene rings is 3. The van der Waals surface area contributed by atoms with Crippen molar-refractivity contribution in [1.29, 1.82) is 0 Å². The number of aromatic hydroxyl groups is 1. The molecule has 0 radical (unpaired) electrons. The second kappa shape index (κ2) is 9.27. The monoisotopic (exact) mass is 454 g/mol. The van der Waals surface area contributed by atoms with Crippen LogP contribution in [0.1, 0.15) is 35.6 Å². The number of amides is 1. The third-order valence-electron chi connectivity index (χ3n) is 5.72. The second-order valence-electron chi connectivity index (χ2n) is 8.31. The summed E-state index contributed by atoms with van der Waals surface area (Å²) in [6, 6.07) is 18.5. The van der Waals surface area contributed by atoms with Gasteiger partial charge in [-0.05, 0) is 73.4 Å². The number of fused-ring (bicyclic) bond motifs is 1. The number of carbonyl (C=O) groups is 2. The zero-order valence-corrected chi connectivity index (χ0v) is 19.3. The summed E-state index contributed by atoms with van der Waals surface area (Å²) in [6.07, 6.45) is 3.51. The third-order valence-corrected chi connectivity index (χ3v) is 5.72. The molecule has 0 saturated heterocycles. The molecule has 0 unspecified atom stereocenters. The van der Waals surface area contributed by atoms with Gasteiger partial charge >= 0.3 is 5.97 Å². The lowest BCUT2D eigenvalue weighted by Gasteiger charge is -2.18. The van der Waals surface area contributed by atoms with Crippen LogP contribution >= 0.6 is 0 Å². The molecule has 0 aliphatic carbocycles. The Morgan fingerprint density at radius 3 is 2.38 bits per heavy atom. The number of carbonyl (C=O) groups excluding carboxylic acids is 1. The summed E-state index contributed by atoms with van der Waals surface area (Å²) in [7, 11) is 0. The molecule has 1 heterocycles. The van der Waals surface area contributed by atoms with Gasteiger partial charge in [-0.1, -0.05) is 37.3 Å². The van der Waals surface area contributed by atoms with Gasteiger partial charge in [0, 0.05) is 23.0 Å². The zero-order chi connectivity index (χ0) is 24.4. The van der Waals surface area contributed by atoms with Crippen molar-refractivity contribution in [3.63, 3.8) is 0 Å². The van der Waals surface area contributed by atoms with Gasteiger partial charge < -0.3 is 15.5 Å². The van der Waals surface area contributed by atoms with Crippen molar-refractivity contribution in [2.75, 3.05) is 10.2 Å². The summed E-state index contributed by atoms with van der Waals surface area (Å²) in [5.41, 5.74) is 6.28. The van der Waals surface area contributed by atoms with Gasteiger partial charge in [0.05, 0.1) is 16.9 Å². The fraction of sp³-hybridized carbons (Fsp3) is 0.143. The van der Waals surface area contributed by atoms with E-state index in [0.717, 1.165) is 28.1 Å². The number of rotatable bonds is 6. The van der Waals surface area contributed by atoms with Crippen LogP contribution in [-0.4, -0.2) is 22.1 Å². The van der Waals surface area contributed by atoms with E-state index in [0.29, 0.717) is 23.2 Å². The Kier molecular flexibility index (Phi) is 6.23. The number of carboxylic acid groups (broad SMARTS) is 1. The Bertz CT molecular complexity index is 1330. The molecule has 0 atom stereocenters. The Hall–Kier alpha value is -4.32. The minimum Gasteiger partial charge on any atom is -0.506 e. The maximum atomic E-state index is 13.5. The van der Waals surface area contributed by atoms with E-state index in [1.54, 1.807) is 30.2 Å². The maximum Gasteiger partial charge on any atom is 0.331 e. The van der Waals surface area contributed by atoms with Gasteiger partial charge in [0.2, 0.25) is 0 Å². The van der Waals surface area contributed by atoms with Gasteiger partial charge in [-0.2, -0.15) is 0 Å². The van der Waals surface area contributed by atoms with Gasteiger partial charge in [0.25, 0.3) is 5.91 Å². The van der Waals surface area contributed by atoms with Crippen molar-refractivity contribution in [2.24, 2.45) is 0 Å². The summed E-state index contributed by atoms with van der Waals surface area (Å²) < 4.78 is 0. The number of phenols is 1. The minimum absolute atomic E-state index is 0.0451. The van der Waals surface area contributed by atoms with Crippen molar-refractivity contribution in [1.82, 2.24) is 0 Å². The molecule has 3 aromatic carbocycles. The largest absolute Gasteiger partial charge is 0.506 e. The molecule has 4 rings (SSSR count). The second-order valence-corrected chi connectivity index (χ2v) is 8.31. The van der Waals surface area contributed by atoms with Crippen LogP contribution < -0.4 is 10.2 Å². The van der Waals surface area contributed by atoms with Crippen LogP contribution in [-0.2, 0) is 9.59 Å². The van der Waals surface area contributed by atoms with Gasteiger partial charge in [-0.25, -0.2) is 4.79 Å². The summed E-state index contributed by atoms with van der Waals surface area (Å²) >= 11 is 0. The summed E-state index contributed by atoms with van der Waals surface area (Å²) in [5, 5.41) is 22.7. The van der Waals surface area contributed by atoms with E-state index in [4.69, 9.17) is 0 Å². The number of hydrogen-bond acceptors (Lipinski definition) is 4. The number of aryl methyl sites for hydroxylation is 2. The van der Waals surface area contributed by atoms with Gasteiger partial charge in [0.15, 0.2) is 0 Å². The highest BCUT2D eigenvalue weighted by Gasteiger charge is 2.33. The molecule has 0 spiro atoms. The van der Waals surface area contributed by atoms with E-state index in [9.17, 15) is 19.8 Å². The van der Waals surface area contributed by atoms with E-state index in [2.05, 4.69) is 11.4 Å². The molecular weight excluding hydrogens is 428 g/mol. The highest BCUT2D eigenvalue weighted by atomic mass is 16.4. The van der Waals surface area contributed by atoms with Crippen LogP contribution in [0.25, 0.3) is 11.6 Å². The number of hydrogen-bond donors (Lipinski definition) is 3. The fourth-order valence-corrected chi connectivity index (χ4v) is 4.14. The van der Waals surface area contributed by atoms with Gasteiger partial charge in [-0.15, -0.1) is 0 Å². The molecule has 1 amide bonds. The van der Waals surface area contributed by atoms with E-state index in [-0.39, 0.29) is 17.2 Å². The van der Waals surface area contributed by atoms with Crippen LogP contribution in [0.4, 0.5) is 17.1 Å². The van der Waals surface area contributed by atoms with Crippen LogP contribution in [0.2, 0.25) is 0 Å². The average Bonchev–Trinajstić information content (AvgIpc) is 3.07. The van der Waals surface area contributed by atoms with Crippen molar-refractivity contribution in [3.05, 3.63) is 94.7 Å². The zero-order valence-electron chi connectivity index (χ0n) is 19.3. The molecule has 172 valence electrons. The lowest BCUT2D eigenvalue weighted by molar-refractivity contribution is -0.132. The molecular formula is C28H26N2O4. The molecule has 6 nitrogen and oxygen atoms in total. The van der Waals surface area contributed by atoms with Gasteiger partial charge in [-0.3, -0.25) is 9.69 Å². The van der Waals surface area contributed by atoms with E-state index < -0.39 is 5.97 Å². The topological polar surface area (TPSA) is 89.9 Å². The minimum atomic E-state index is -0.985. The summed E-state index contributed by atoms with van der Waals surface area (Å²) in [5.74, 6) is -1.19. The number of carboxylic acids is 1. The van der Waals surface area contributed by atoms with Crippen LogP contribution in [0, 0.1) is 13.8 Å². The van der Waals surface area contributed by atoms with E-state index in [1.165, 1.54) is 12.1 Å². The number of anilines is 3. The SMILES string of the molecule is CC/C(=C\c1ccc(N/C=C2\C(=O)N(c3cc(C)cc(C)c3)c3ccccc32)c(O)c1)C(=O)O. The Balaban J connectivity index is 1.66. The predicted molar refractivity (Wildman–Crippen MR) is 135 cm³/mol. The quantitative estimate of drug-likeness (QED) is 0.313. The molecule has 34 heavy (non-hydrogen) atoms. The van der Waals surface area contributed by atoms with Crippen LogP contribution in [0.3, 0.4) is 0 Å².